The van der Waals surface area contributed by atoms with Gasteiger partial charge in [-0.1, -0.05) is 24.6 Å². The van der Waals surface area contributed by atoms with Gasteiger partial charge < -0.3 is 15.1 Å². The fourth-order valence-electron chi connectivity index (χ4n) is 2.35. The average Bonchev–Trinajstić information content (AvgIpc) is 3.13. The summed E-state index contributed by atoms with van der Waals surface area (Å²) in [7, 11) is 0. The van der Waals surface area contributed by atoms with E-state index in [0.29, 0.717) is 28.6 Å². The highest BCUT2D eigenvalue weighted by Gasteiger charge is 2.13. The maximum absolute atomic E-state index is 12.4. The van der Waals surface area contributed by atoms with Gasteiger partial charge in [0.2, 0.25) is 5.91 Å². The maximum atomic E-state index is 12.4. The number of hydrogen-bond donors (Lipinski definition) is 2. The van der Waals surface area contributed by atoms with Crippen molar-refractivity contribution in [1.29, 1.82) is 0 Å². The molecule has 0 aliphatic carbocycles. The highest BCUT2D eigenvalue weighted by atomic mass is 35.5. The Morgan fingerprint density at radius 1 is 0.962 bits per heavy atom. The van der Waals surface area contributed by atoms with Crippen molar-refractivity contribution in [3.63, 3.8) is 0 Å². The quantitative estimate of drug-likeness (QED) is 0.650. The van der Waals surface area contributed by atoms with E-state index in [9.17, 15) is 9.59 Å². The number of hydrogen-bond acceptors (Lipinski definition) is 3. The summed E-state index contributed by atoms with van der Waals surface area (Å²) < 4.78 is 5.63. The molecule has 2 amide bonds. The minimum atomic E-state index is -0.371. The lowest BCUT2D eigenvalue weighted by Crippen LogP contribution is -2.12. The van der Waals surface area contributed by atoms with Crippen molar-refractivity contribution in [2.75, 3.05) is 10.6 Å². The topological polar surface area (TPSA) is 71.3 Å². The van der Waals surface area contributed by atoms with Crippen LogP contribution in [-0.4, -0.2) is 11.8 Å². The molecule has 0 bridgehead atoms. The van der Waals surface area contributed by atoms with Gasteiger partial charge >= 0.3 is 0 Å². The van der Waals surface area contributed by atoms with Crippen LogP contribution in [-0.2, 0) is 4.79 Å². The van der Waals surface area contributed by atoms with Crippen LogP contribution in [0.3, 0.4) is 0 Å². The number of carbonyl (C=O) groups excluding carboxylic acids is 2. The van der Waals surface area contributed by atoms with Crippen LogP contribution in [0.2, 0.25) is 5.02 Å². The van der Waals surface area contributed by atoms with Crippen LogP contribution in [0.4, 0.5) is 11.4 Å². The van der Waals surface area contributed by atoms with E-state index in [1.807, 2.05) is 12.1 Å². The molecule has 3 aromatic rings. The average molecular weight is 369 g/mol. The van der Waals surface area contributed by atoms with E-state index in [4.69, 9.17) is 16.0 Å². The van der Waals surface area contributed by atoms with Gasteiger partial charge in [0.15, 0.2) is 5.76 Å². The number of amides is 2. The third kappa shape index (κ3) is 4.32. The monoisotopic (exact) mass is 368 g/mol. The standard InChI is InChI=1S/C20H17ClN2O3/c1-2-19(24)22-15-4-3-5-16(12-15)23-20(25)18-11-10-17(26-18)13-6-8-14(21)9-7-13/h3-12H,2H2,1H3,(H,22,24)(H,23,25). The molecule has 0 fully saturated rings. The summed E-state index contributed by atoms with van der Waals surface area (Å²) in [4.78, 5) is 23.9. The Kier molecular flexibility index (Phi) is 5.39. The molecule has 1 heterocycles. The summed E-state index contributed by atoms with van der Waals surface area (Å²) in [6, 6.07) is 17.4. The number of rotatable bonds is 5. The van der Waals surface area contributed by atoms with Crippen molar-refractivity contribution in [2.24, 2.45) is 0 Å². The van der Waals surface area contributed by atoms with E-state index in [1.54, 1.807) is 55.5 Å². The van der Waals surface area contributed by atoms with Crippen LogP contribution in [0.25, 0.3) is 11.3 Å². The van der Waals surface area contributed by atoms with Crippen molar-refractivity contribution in [1.82, 2.24) is 0 Å². The van der Waals surface area contributed by atoms with Crippen molar-refractivity contribution in [3.05, 3.63) is 71.4 Å². The van der Waals surface area contributed by atoms with E-state index in [2.05, 4.69) is 10.6 Å². The van der Waals surface area contributed by atoms with E-state index in [1.165, 1.54) is 0 Å². The maximum Gasteiger partial charge on any atom is 0.291 e. The molecule has 0 saturated carbocycles. The molecular weight excluding hydrogens is 352 g/mol. The highest BCUT2D eigenvalue weighted by molar-refractivity contribution is 6.30. The third-order valence-corrected chi connectivity index (χ3v) is 3.94. The number of carbonyl (C=O) groups is 2. The first-order chi connectivity index (χ1) is 12.5. The second kappa shape index (κ2) is 7.89. The molecule has 0 aliphatic heterocycles. The zero-order valence-corrected chi connectivity index (χ0v) is 14.8. The highest BCUT2D eigenvalue weighted by Crippen LogP contribution is 2.24. The Bertz CT molecular complexity index is 932. The molecule has 0 radical (unpaired) electrons. The Balaban J connectivity index is 1.71. The summed E-state index contributed by atoms with van der Waals surface area (Å²) >= 11 is 5.88. The molecule has 1 aromatic heterocycles. The first-order valence-electron chi connectivity index (χ1n) is 8.12. The van der Waals surface area contributed by atoms with E-state index < -0.39 is 0 Å². The molecule has 2 N–H and O–H groups in total. The molecule has 0 spiro atoms. The zero-order valence-electron chi connectivity index (χ0n) is 14.1. The van der Waals surface area contributed by atoms with Crippen LogP contribution in [0.5, 0.6) is 0 Å². The Morgan fingerprint density at radius 2 is 1.65 bits per heavy atom. The number of benzene rings is 2. The summed E-state index contributed by atoms with van der Waals surface area (Å²) in [6.45, 7) is 1.77. The van der Waals surface area contributed by atoms with Crippen LogP contribution in [0.15, 0.2) is 65.1 Å². The fraction of sp³-hybridized carbons (Fsp3) is 0.100. The fourth-order valence-corrected chi connectivity index (χ4v) is 2.47. The van der Waals surface area contributed by atoms with Crippen LogP contribution in [0.1, 0.15) is 23.9 Å². The zero-order chi connectivity index (χ0) is 18.5. The Labute approximate surface area is 156 Å². The minimum Gasteiger partial charge on any atom is -0.451 e. The smallest absolute Gasteiger partial charge is 0.291 e. The van der Waals surface area contributed by atoms with Gasteiger partial charge in [0.05, 0.1) is 0 Å². The number of nitrogens with one attached hydrogen (secondary N) is 2. The molecule has 0 aliphatic rings. The van der Waals surface area contributed by atoms with Crippen molar-refractivity contribution in [2.45, 2.75) is 13.3 Å². The predicted octanol–water partition coefficient (Wildman–Crippen LogP) is 5.20. The Hall–Kier alpha value is -3.05. The molecule has 2 aromatic carbocycles. The van der Waals surface area contributed by atoms with E-state index in [-0.39, 0.29) is 17.6 Å². The lowest BCUT2D eigenvalue weighted by molar-refractivity contribution is -0.115. The van der Waals surface area contributed by atoms with Gasteiger partial charge in [-0.2, -0.15) is 0 Å². The van der Waals surface area contributed by atoms with Crippen molar-refractivity contribution >= 4 is 34.8 Å². The Morgan fingerprint density at radius 3 is 2.35 bits per heavy atom. The van der Waals surface area contributed by atoms with Gasteiger partial charge in [-0.05, 0) is 54.6 Å². The summed E-state index contributed by atoms with van der Waals surface area (Å²) in [6.07, 6.45) is 0.385. The first kappa shape index (κ1) is 17.8. The van der Waals surface area contributed by atoms with Crippen molar-refractivity contribution in [3.8, 4) is 11.3 Å². The summed E-state index contributed by atoms with van der Waals surface area (Å²) in [5.41, 5.74) is 2.02. The molecule has 3 rings (SSSR count). The second-order valence-electron chi connectivity index (χ2n) is 5.61. The van der Waals surface area contributed by atoms with E-state index >= 15 is 0 Å². The van der Waals surface area contributed by atoms with Crippen LogP contribution >= 0.6 is 11.6 Å². The summed E-state index contributed by atoms with van der Waals surface area (Å²) in [5.74, 6) is 0.310. The molecule has 132 valence electrons. The van der Waals surface area contributed by atoms with Crippen molar-refractivity contribution < 1.29 is 14.0 Å². The van der Waals surface area contributed by atoms with E-state index in [0.717, 1.165) is 5.56 Å². The lowest BCUT2D eigenvalue weighted by Gasteiger charge is -2.07. The number of anilines is 2. The molecule has 6 heteroatoms. The largest absolute Gasteiger partial charge is 0.451 e. The first-order valence-corrected chi connectivity index (χ1v) is 8.50. The van der Waals surface area contributed by atoms with Crippen LogP contribution < -0.4 is 10.6 Å². The SMILES string of the molecule is CCC(=O)Nc1cccc(NC(=O)c2ccc(-c3ccc(Cl)cc3)o2)c1. The number of furan rings is 1. The predicted molar refractivity (Wildman–Crippen MR) is 102 cm³/mol. The summed E-state index contributed by atoms with van der Waals surface area (Å²) in [5, 5.41) is 6.14. The van der Waals surface area contributed by atoms with Crippen LogP contribution in [0, 0.1) is 0 Å². The van der Waals surface area contributed by atoms with Gasteiger partial charge in [-0.15, -0.1) is 0 Å². The normalized spacial score (nSPS) is 10.4. The molecule has 0 unspecified atom stereocenters. The molecule has 0 saturated heterocycles. The molecular formula is C20H17ClN2O3. The van der Waals surface area contributed by atoms with Gasteiger partial charge in [0.25, 0.3) is 5.91 Å². The van der Waals surface area contributed by atoms with Gasteiger partial charge in [-0.3, -0.25) is 9.59 Å². The van der Waals surface area contributed by atoms with Gasteiger partial charge in [0.1, 0.15) is 5.76 Å². The van der Waals surface area contributed by atoms with Gasteiger partial charge in [0, 0.05) is 28.4 Å². The minimum absolute atomic E-state index is 0.0906. The van der Waals surface area contributed by atoms with Gasteiger partial charge in [-0.25, -0.2) is 0 Å². The third-order valence-electron chi connectivity index (χ3n) is 3.68. The molecule has 0 atom stereocenters. The molecule has 26 heavy (non-hydrogen) atoms. The second-order valence-corrected chi connectivity index (χ2v) is 6.04. The lowest BCUT2D eigenvalue weighted by atomic mass is 10.2. The number of halogens is 1. The molecule has 5 nitrogen and oxygen atoms in total.